The lowest BCUT2D eigenvalue weighted by atomic mass is 9.86. The van der Waals surface area contributed by atoms with Gasteiger partial charge in [0.2, 0.25) is 0 Å². The lowest BCUT2D eigenvalue weighted by Crippen LogP contribution is -2.59. The van der Waals surface area contributed by atoms with Crippen LogP contribution in [0.1, 0.15) is 45.4 Å². The molecule has 6 rings (SSSR count). The molecular formula is C29H35N7O2. The summed E-state index contributed by atoms with van der Waals surface area (Å²) in [5, 5.41) is 5.67. The van der Waals surface area contributed by atoms with E-state index >= 15 is 0 Å². The Labute approximate surface area is 222 Å². The standard InChI is InChI=1S/C29H35N7O2/c1-7-38-27(37)35-11-10-34(17-29(35)14-24(29)28(4,5)6)21-8-9-22-20(13-21)15-30-25(32-22)23-12-18(2)26-31-19(3)16-36(26)33-23/h8-9,12-13,15-16,24H,7,10-11,14,17H2,1-6H3. The number of amides is 1. The molecular weight excluding hydrogens is 478 g/mol. The van der Waals surface area contributed by atoms with Crippen molar-refractivity contribution in [2.24, 2.45) is 11.3 Å². The molecule has 9 nitrogen and oxygen atoms in total. The van der Waals surface area contributed by atoms with Gasteiger partial charge in [0.25, 0.3) is 0 Å². The molecule has 0 bridgehead atoms. The van der Waals surface area contributed by atoms with Crippen molar-refractivity contribution in [3.05, 3.63) is 47.9 Å². The Bertz CT molecular complexity index is 1560. The first-order valence-corrected chi connectivity index (χ1v) is 13.4. The third kappa shape index (κ3) is 4.04. The Morgan fingerprint density at radius 1 is 1.16 bits per heavy atom. The van der Waals surface area contributed by atoms with E-state index in [1.807, 2.05) is 44.1 Å². The Hall–Kier alpha value is -3.75. The fraction of sp³-hybridized carbons (Fsp3) is 0.483. The molecule has 1 amide bonds. The number of hydrogen-bond donors (Lipinski definition) is 0. The molecule has 38 heavy (non-hydrogen) atoms. The second kappa shape index (κ2) is 8.64. The van der Waals surface area contributed by atoms with Gasteiger partial charge in [-0.1, -0.05) is 20.8 Å². The number of anilines is 1. The monoisotopic (exact) mass is 513 g/mol. The molecule has 2 fully saturated rings. The number of fused-ring (bicyclic) bond motifs is 2. The summed E-state index contributed by atoms with van der Waals surface area (Å²) in [6.45, 7) is 15.3. The van der Waals surface area contributed by atoms with Crippen molar-refractivity contribution in [3.8, 4) is 11.5 Å². The minimum Gasteiger partial charge on any atom is -0.450 e. The van der Waals surface area contributed by atoms with Crippen LogP contribution in [-0.2, 0) is 4.74 Å². The summed E-state index contributed by atoms with van der Waals surface area (Å²) in [5.41, 5.74) is 5.46. The summed E-state index contributed by atoms with van der Waals surface area (Å²) in [7, 11) is 0. The van der Waals surface area contributed by atoms with E-state index in [1.54, 1.807) is 4.52 Å². The average molecular weight is 514 g/mol. The third-order valence-corrected chi connectivity index (χ3v) is 8.06. The van der Waals surface area contributed by atoms with Crippen molar-refractivity contribution in [1.82, 2.24) is 29.5 Å². The summed E-state index contributed by atoms with van der Waals surface area (Å²) in [4.78, 5) is 31.3. The van der Waals surface area contributed by atoms with Crippen molar-refractivity contribution in [2.75, 3.05) is 31.1 Å². The fourth-order valence-electron chi connectivity index (χ4n) is 6.21. The van der Waals surface area contributed by atoms with E-state index in [4.69, 9.17) is 9.72 Å². The highest BCUT2D eigenvalue weighted by molar-refractivity contribution is 5.83. The molecule has 2 atom stereocenters. The predicted octanol–water partition coefficient (Wildman–Crippen LogP) is 5.04. The second-order valence-electron chi connectivity index (χ2n) is 11.8. The zero-order chi connectivity index (χ0) is 26.8. The maximum Gasteiger partial charge on any atom is 0.410 e. The molecule has 1 saturated heterocycles. The number of rotatable bonds is 3. The molecule has 3 aromatic heterocycles. The van der Waals surface area contributed by atoms with Crippen LogP contribution in [0, 0.1) is 25.2 Å². The number of imidazole rings is 1. The van der Waals surface area contributed by atoms with E-state index in [1.165, 1.54) is 0 Å². The zero-order valence-electron chi connectivity index (χ0n) is 23.0. The Kier molecular flexibility index (Phi) is 5.59. The van der Waals surface area contributed by atoms with Crippen molar-refractivity contribution in [2.45, 2.75) is 53.5 Å². The van der Waals surface area contributed by atoms with Crippen LogP contribution in [0.2, 0.25) is 0 Å². The van der Waals surface area contributed by atoms with Crippen molar-refractivity contribution >= 4 is 28.3 Å². The number of carbonyl (C=O) groups is 1. The molecule has 1 saturated carbocycles. The highest BCUT2D eigenvalue weighted by Crippen LogP contribution is 2.59. The van der Waals surface area contributed by atoms with Gasteiger partial charge in [0.15, 0.2) is 11.5 Å². The van der Waals surface area contributed by atoms with E-state index in [9.17, 15) is 4.79 Å². The number of hydrogen-bond acceptors (Lipinski definition) is 7. The zero-order valence-corrected chi connectivity index (χ0v) is 23.0. The van der Waals surface area contributed by atoms with E-state index in [0.717, 1.165) is 58.7 Å². The predicted molar refractivity (Wildman–Crippen MR) is 147 cm³/mol. The first-order valence-electron chi connectivity index (χ1n) is 13.4. The van der Waals surface area contributed by atoms with Gasteiger partial charge in [-0.05, 0) is 68.4 Å². The molecule has 2 aliphatic rings. The molecule has 1 aromatic carbocycles. The lowest BCUT2D eigenvalue weighted by Gasteiger charge is -2.44. The summed E-state index contributed by atoms with van der Waals surface area (Å²) >= 11 is 0. The molecule has 4 aromatic rings. The van der Waals surface area contributed by atoms with E-state index in [0.29, 0.717) is 24.9 Å². The summed E-state index contributed by atoms with van der Waals surface area (Å²) in [5.74, 6) is 1.02. The molecule has 198 valence electrons. The van der Waals surface area contributed by atoms with Crippen LogP contribution in [0.15, 0.2) is 36.7 Å². The third-order valence-electron chi connectivity index (χ3n) is 8.06. The average Bonchev–Trinajstić information content (AvgIpc) is 3.46. The van der Waals surface area contributed by atoms with E-state index < -0.39 is 0 Å². The number of aromatic nitrogens is 5. The van der Waals surface area contributed by atoms with Crippen LogP contribution >= 0.6 is 0 Å². The number of aryl methyl sites for hydroxylation is 2. The molecule has 1 aliphatic carbocycles. The number of piperazine rings is 1. The summed E-state index contributed by atoms with van der Waals surface area (Å²) in [6.07, 6.45) is 4.60. The number of carbonyl (C=O) groups excluding carboxylic acids is 1. The Balaban J connectivity index is 1.29. The first kappa shape index (κ1) is 24.6. The van der Waals surface area contributed by atoms with Crippen LogP contribution in [0.25, 0.3) is 28.1 Å². The Morgan fingerprint density at radius 2 is 1.97 bits per heavy atom. The Morgan fingerprint density at radius 3 is 2.71 bits per heavy atom. The van der Waals surface area contributed by atoms with Crippen LogP contribution < -0.4 is 4.90 Å². The molecule has 1 spiro atoms. The quantitative estimate of drug-likeness (QED) is 0.379. The molecule has 0 radical (unpaired) electrons. The van der Waals surface area contributed by atoms with E-state index in [-0.39, 0.29) is 17.0 Å². The molecule has 9 heteroatoms. The van der Waals surface area contributed by atoms with Crippen LogP contribution in [-0.4, -0.2) is 67.3 Å². The summed E-state index contributed by atoms with van der Waals surface area (Å²) < 4.78 is 7.24. The molecule has 1 aliphatic heterocycles. The van der Waals surface area contributed by atoms with Gasteiger partial charge in [-0.2, -0.15) is 5.10 Å². The maximum absolute atomic E-state index is 12.8. The van der Waals surface area contributed by atoms with E-state index in [2.05, 4.69) is 58.9 Å². The lowest BCUT2D eigenvalue weighted by molar-refractivity contribution is 0.0675. The van der Waals surface area contributed by atoms with Crippen LogP contribution in [0.5, 0.6) is 0 Å². The van der Waals surface area contributed by atoms with Crippen molar-refractivity contribution < 1.29 is 9.53 Å². The minimum atomic E-state index is -0.189. The number of benzene rings is 1. The fourth-order valence-corrected chi connectivity index (χ4v) is 6.21. The maximum atomic E-state index is 12.8. The number of nitrogens with zero attached hydrogens (tertiary/aromatic N) is 7. The van der Waals surface area contributed by atoms with Gasteiger partial charge in [-0.3, -0.25) is 4.90 Å². The van der Waals surface area contributed by atoms with Gasteiger partial charge in [0, 0.05) is 36.9 Å². The van der Waals surface area contributed by atoms with Gasteiger partial charge in [-0.15, -0.1) is 0 Å². The van der Waals surface area contributed by atoms with Gasteiger partial charge in [0.05, 0.1) is 29.6 Å². The van der Waals surface area contributed by atoms with Crippen LogP contribution in [0.3, 0.4) is 0 Å². The van der Waals surface area contributed by atoms with Gasteiger partial charge in [0.1, 0.15) is 5.69 Å². The molecule has 2 unspecified atom stereocenters. The topological polar surface area (TPSA) is 88.8 Å². The normalized spacial score (nSPS) is 21.5. The summed E-state index contributed by atoms with van der Waals surface area (Å²) in [6, 6.07) is 8.33. The number of ether oxygens (including phenoxy) is 1. The highest BCUT2D eigenvalue weighted by atomic mass is 16.6. The van der Waals surface area contributed by atoms with Crippen molar-refractivity contribution in [1.29, 1.82) is 0 Å². The van der Waals surface area contributed by atoms with Crippen molar-refractivity contribution in [3.63, 3.8) is 0 Å². The SMILES string of the molecule is CCOC(=O)N1CCN(c2ccc3nc(-c4cc(C)c5nc(C)cn5n4)ncc3c2)CC12CC2C(C)(C)C. The molecule has 4 heterocycles. The first-order chi connectivity index (χ1) is 18.1. The van der Waals surface area contributed by atoms with Gasteiger partial charge >= 0.3 is 6.09 Å². The van der Waals surface area contributed by atoms with Gasteiger partial charge < -0.3 is 9.64 Å². The largest absolute Gasteiger partial charge is 0.450 e. The highest BCUT2D eigenvalue weighted by Gasteiger charge is 2.65. The van der Waals surface area contributed by atoms with Gasteiger partial charge in [-0.25, -0.2) is 24.3 Å². The smallest absolute Gasteiger partial charge is 0.410 e. The van der Waals surface area contributed by atoms with Crippen LogP contribution in [0.4, 0.5) is 10.5 Å². The minimum absolute atomic E-state index is 0.117. The molecule has 0 N–H and O–H groups in total. The second-order valence-corrected chi connectivity index (χ2v) is 11.8.